The first-order valence-corrected chi connectivity index (χ1v) is 9.89. The molecule has 1 saturated heterocycles. The molecule has 1 aliphatic heterocycles. The fraction of sp³-hybridized carbons (Fsp3) is 0.304. The average Bonchev–Trinajstić information content (AvgIpc) is 3.14. The minimum absolute atomic E-state index is 0. The SMILES string of the molecule is Cc1ccc(-c2nn(Cc3ccccc3)cc2C(=O)N[C@H]2CCCNC2)cc1.Cl. The Hall–Kier alpha value is -2.63. The number of rotatable bonds is 5. The number of amides is 1. The molecule has 0 saturated carbocycles. The highest BCUT2D eigenvalue weighted by Gasteiger charge is 2.22. The molecule has 6 heteroatoms. The molecule has 4 rings (SSSR count). The highest BCUT2D eigenvalue weighted by Crippen LogP contribution is 2.23. The first-order valence-electron chi connectivity index (χ1n) is 9.89. The fourth-order valence-electron chi connectivity index (χ4n) is 3.60. The van der Waals surface area contributed by atoms with E-state index in [0.29, 0.717) is 12.1 Å². The third kappa shape index (κ3) is 5.25. The molecular weight excluding hydrogens is 384 g/mol. The summed E-state index contributed by atoms with van der Waals surface area (Å²) in [5.41, 5.74) is 4.67. The molecule has 2 aromatic carbocycles. The lowest BCUT2D eigenvalue weighted by Gasteiger charge is -2.23. The molecule has 0 spiro atoms. The number of nitrogens with zero attached hydrogens (tertiary/aromatic N) is 2. The Morgan fingerprint density at radius 3 is 2.62 bits per heavy atom. The summed E-state index contributed by atoms with van der Waals surface area (Å²) in [6.07, 6.45) is 3.97. The lowest BCUT2D eigenvalue weighted by Crippen LogP contribution is -2.45. The minimum Gasteiger partial charge on any atom is -0.348 e. The molecule has 1 aliphatic rings. The summed E-state index contributed by atoms with van der Waals surface area (Å²) in [5.74, 6) is -0.0522. The van der Waals surface area contributed by atoms with E-state index in [-0.39, 0.29) is 24.4 Å². The number of halogens is 1. The summed E-state index contributed by atoms with van der Waals surface area (Å²) in [5, 5.41) is 11.3. The molecule has 0 unspecified atom stereocenters. The van der Waals surface area contributed by atoms with Crippen molar-refractivity contribution in [2.75, 3.05) is 13.1 Å². The van der Waals surface area contributed by atoms with Crippen LogP contribution in [0.1, 0.15) is 34.3 Å². The normalized spacial score (nSPS) is 16.1. The maximum absolute atomic E-state index is 13.0. The van der Waals surface area contributed by atoms with Crippen LogP contribution in [0.25, 0.3) is 11.3 Å². The quantitative estimate of drug-likeness (QED) is 0.672. The van der Waals surface area contributed by atoms with Gasteiger partial charge in [-0.05, 0) is 31.9 Å². The van der Waals surface area contributed by atoms with Gasteiger partial charge in [-0.1, -0.05) is 60.2 Å². The van der Waals surface area contributed by atoms with Gasteiger partial charge in [-0.3, -0.25) is 9.48 Å². The molecule has 0 radical (unpaired) electrons. The molecule has 29 heavy (non-hydrogen) atoms. The zero-order chi connectivity index (χ0) is 19.3. The fourth-order valence-corrected chi connectivity index (χ4v) is 3.60. The monoisotopic (exact) mass is 410 g/mol. The van der Waals surface area contributed by atoms with E-state index in [4.69, 9.17) is 5.10 Å². The van der Waals surface area contributed by atoms with E-state index in [1.54, 1.807) is 0 Å². The number of piperidine rings is 1. The van der Waals surface area contributed by atoms with Gasteiger partial charge in [-0.15, -0.1) is 12.4 Å². The number of hydrogen-bond donors (Lipinski definition) is 2. The van der Waals surface area contributed by atoms with E-state index in [0.717, 1.165) is 42.8 Å². The summed E-state index contributed by atoms with van der Waals surface area (Å²) in [4.78, 5) is 13.0. The maximum atomic E-state index is 13.0. The second-order valence-corrected chi connectivity index (χ2v) is 7.46. The van der Waals surface area contributed by atoms with Gasteiger partial charge in [-0.2, -0.15) is 5.10 Å². The number of carbonyl (C=O) groups is 1. The van der Waals surface area contributed by atoms with E-state index in [9.17, 15) is 4.79 Å². The predicted molar refractivity (Wildman–Crippen MR) is 119 cm³/mol. The lowest BCUT2D eigenvalue weighted by atomic mass is 10.0. The molecule has 1 amide bonds. The number of carbonyl (C=O) groups excluding carboxylic acids is 1. The van der Waals surface area contributed by atoms with Crippen molar-refractivity contribution < 1.29 is 4.79 Å². The van der Waals surface area contributed by atoms with Crippen LogP contribution in [0, 0.1) is 6.92 Å². The molecule has 5 nitrogen and oxygen atoms in total. The van der Waals surface area contributed by atoms with Gasteiger partial charge in [0.05, 0.1) is 12.1 Å². The van der Waals surface area contributed by atoms with Crippen molar-refractivity contribution >= 4 is 18.3 Å². The summed E-state index contributed by atoms with van der Waals surface area (Å²) in [6.45, 7) is 4.54. The van der Waals surface area contributed by atoms with Crippen molar-refractivity contribution in [1.82, 2.24) is 20.4 Å². The van der Waals surface area contributed by atoms with Gasteiger partial charge < -0.3 is 10.6 Å². The number of benzene rings is 2. The van der Waals surface area contributed by atoms with E-state index in [1.165, 1.54) is 5.56 Å². The summed E-state index contributed by atoms with van der Waals surface area (Å²) >= 11 is 0. The predicted octanol–water partition coefficient (Wildman–Crippen LogP) is 3.81. The first-order chi connectivity index (χ1) is 13.7. The zero-order valence-corrected chi connectivity index (χ0v) is 17.4. The van der Waals surface area contributed by atoms with E-state index < -0.39 is 0 Å². The highest BCUT2D eigenvalue weighted by molar-refractivity contribution is 6.00. The van der Waals surface area contributed by atoms with Crippen LogP contribution in [0.5, 0.6) is 0 Å². The van der Waals surface area contributed by atoms with Crippen LogP contribution in [-0.4, -0.2) is 34.8 Å². The Morgan fingerprint density at radius 2 is 1.93 bits per heavy atom. The first kappa shape index (κ1) is 21.1. The zero-order valence-electron chi connectivity index (χ0n) is 16.6. The van der Waals surface area contributed by atoms with E-state index in [2.05, 4.69) is 41.8 Å². The molecule has 0 bridgehead atoms. The molecule has 1 fully saturated rings. The Labute approximate surface area is 177 Å². The van der Waals surface area contributed by atoms with Crippen molar-refractivity contribution in [3.05, 3.63) is 77.5 Å². The molecule has 3 aromatic rings. The van der Waals surface area contributed by atoms with Gasteiger partial charge in [0.1, 0.15) is 5.69 Å². The molecule has 1 atom stereocenters. The van der Waals surface area contributed by atoms with Gasteiger partial charge in [0, 0.05) is 24.3 Å². The van der Waals surface area contributed by atoms with Crippen molar-refractivity contribution in [3.63, 3.8) is 0 Å². The van der Waals surface area contributed by atoms with Crippen LogP contribution >= 0.6 is 12.4 Å². The molecule has 1 aromatic heterocycles. The van der Waals surface area contributed by atoms with Crippen molar-refractivity contribution in [1.29, 1.82) is 0 Å². The third-order valence-corrected chi connectivity index (χ3v) is 5.15. The van der Waals surface area contributed by atoms with Crippen molar-refractivity contribution in [3.8, 4) is 11.3 Å². The van der Waals surface area contributed by atoms with Gasteiger partial charge >= 0.3 is 0 Å². The van der Waals surface area contributed by atoms with Gasteiger partial charge in [0.25, 0.3) is 5.91 Å². The molecule has 0 aliphatic carbocycles. The van der Waals surface area contributed by atoms with Crippen molar-refractivity contribution in [2.45, 2.75) is 32.4 Å². The van der Waals surface area contributed by atoms with Crippen LogP contribution in [0.3, 0.4) is 0 Å². The van der Waals surface area contributed by atoms with Crippen molar-refractivity contribution in [2.24, 2.45) is 0 Å². The van der Waals surface area contributed by atoms with Gasteiger partial charge in [0.15, 0.2) is 0 Å². The largest absolute Gasteiger partial charge is 0.348 e. The van der Waals surface area contributed by atoms with Crippen LogP contribution in [0.2, 0.25) is 0 Å². The smallest absolute Gasteiger partial charge is 0.255 e. The second kappa shape index (κ2) is 9.72. The highest BCUT2D eigenvalue weighted by atomic mass is 35.5. The van der Waals surface area contributed by atoms with Gasteiger partial charge in [-0.25, -0.2) is 0 Å². The lowest BCUT2D eigenvalue weighted by molar-refractivity contribution is 0.0931. The number of aromatic nitrogens is 2. The maximum Gasteiger partial charge on any atom is 0.255 e. The number of nitrogens with one attached hydrogen (secondary N) is 2. The van der Waals surface area contributed by atoms with Crippen LogP contribution < -0.4 is 10.6 Å². The molecule has 2 N–H and O–H groups in total. The van der Waals surface area contributed by atoms with E-state index >= 15 is 0 Å². The topological polar surface area (TPSA) is 59.0 Å². The Bertz CT molecular complexity index is 931. The molecule has 152 valence electrons. The standard InChI is InChI=1S/C23H26N4O.ClH/c1-17-9-11-19(12-10-17)22-21(23(28)25-20-8-5-13-24-14-20)16-27(26-22)15-18-6-3-2-4-7-18;/h2-4,6-7,9-12,16,20,24H,5,8,13-15H2,1H3,(H,25,28);1H/t20-;/m0./s1. The Kier molecular flexibility index (Phi) is 7.07. The second-order valence-electron chi connectivity index (χ2n) is 7.46. The Morgan fingerprint density at radius 1 is 1.17 bits per heavy atom. The average molecular weight is 411 g/mol. The summed E-state index contributed by atoms with van der Waals surface area (Å²) < 4.78 is 1.86. The van der Waals surface area contributed by atoms with Gasteiger partial charge in [0.2, 0.25) is 0 Å². The molecular formula is C23H27ClN4O. The van der Waals surface area contributed by atoms with E-state index in [1.807, 2.05) is 41.2 Å². The number of aryl methyl sites for hydroxylation is 1. The van der Waals surface area contributed by atoms with Crippen LogP contribution in [-0.2, 0) is 6.54 Å². The number of hydrogen-bond acceptors (Lipinski definition) is 3. The minimum atomic E-state index is -0.0522. The van der Waals surface area contributed by atoms with Crippen LogP contribution in [0.4, 0.5) is 0 Å². The van der Waals surface area contributed by atoms with Crippen LogP contribution in [0.15, 0.2) is 60.8 Å². The molecule has 2 heterocycles. The summed E-state index contributed by atoms with van der Waals surface area (Å²) in [6, 6.07) is 18.5. The summed E-state index contributed by atoms with van der Waals surface area (Å²) in [7, 11) is 0. The third-order valence-electron chi connectivity index (χ3n) is 5.15. The Balaban J connectivity index is 0.00000240.